The average molecular weight is 390 g/mol. The molecule has 0 bridgehead atoms. The van der Waals surface area contributed by atoms with Crippen LogP contribution in [-0.4, -0.2) is 17.4 Å². The molecule has 134 valence electrons. The highest BCUT2D eigenvalue weighted by atomic mass is 35.5. The molecule has 0 fully saturated rings. The van der Waals surface area contributed by atoms with Gasteiger partial charge in [-0.3, -0.25) is 4.79 Å². The molecule has 1 aromatic heterocycles. The molecule has 0 aliphatic carbocycles. The van der Waals surface area contributed by atoms with E-state index in [2.05, 4.69) is 0 Å². The Labute approximate surface area is 161 Å². The zero-order valence-corrected chi connectivity index (χ0v) is 15.4. The molecule has 6 heteroatoms. The molecule has 0 unspecified atom stereocenters. The van der Waals surface area contributed by atoms with Gasteiger partial charge in [-0.1, -0.05) is 35.3 Å². The fourth-order valence-electron chi connectivity index (χ4n) is 2.45. The molecule has 0 spiro atoms. The summed E-state index contributed by atoms with van der Waals surface area (Å²) in [6.07, 6.45) is 1.58. The SMILES string of the molecule is O=C(COc1ccc(Cl)cc1)N(Cc1cccc(Cl)c1)Cc1ccco1. The van der Waals surface area contributed by atoms with Crippen molar-refractivity contribution in [3.05, 3.63) is 88.3 Å². The summed E-state index contributed by atoms with van der Waals surface area (Å²) < 4.78 is 11.0. The highest BCUT2D eigenvalue weighted by Crippen LogP contribution is 2.17. The minimum Gasteiger partial charge on any atom is -0.484 e. The Bertz CT molecular complexity index is 848. The van der Waals surface area contributed by atoms with Gasteiger partial charge >= 0.3 is 0 Å². The monoisotopic (exact) mass is 389 g/mol. The van der Waals surface area contributed by atoms with Crippen LogP contribution in [0.3, 0.4) is 0 Å². The molecule has 0 N–H and O–H groups in total. The molecule has 0 saturated heterocycles. The normalized spacial score (nSPS) is 10.5. The van der Waals surface area contributed by atoms with Crippen molar-refractivity contribution in [1.82, 2.24) is 4.90 Å². The number of amides is 1. The van der Waals surface area contributed by atoms with Crippen LogP contribution in [-0.2, 0) is 17.9 Å². The first-order chi connectivity index (χ1) is 12.6. The van der Waals surface area contributed by atoms with Crippen LogP contribution in [0.4, 0.5) is 0 Å². The smallest absolute Gasteiger partial charge is 0.261 e. The Hall–Kier alpha value is -2.43. The summed E-state index contributed by atoms with van der Waals surface area (Å²) in [5.41, 5.74) is 0.934. The molecule has 1 amide bonds. The Morgan fingerprint density at radius 3 is 2.46 bits per heavy atom. The van der Waals surface area contributed by atoms with Gasteiger partial charge in [-0.15, -0.1) is 0 Å². The number of carbonyl (C=O) groups is 1. The van der Waals surface area contributed by atoms with Crippen LogP contribution < -0.4 is 4.74 Å². The van der Waals surface area contributed by atoms with E-state index in [4.69, 9.17) is 32.4 Å². The summed E-state index contributed by atoms with van der Waals surface area (Å²) in [6, 6.07) is 17.9. The summed E-state index contributed by atoms with van der Waals surface area (Å²) >= 11 is 11.9. The maximum atomic E-state index is 12.7. The third kappa shape index (κ3) is 5.28. The highest BCUT2D eigenvalue weighted by Gasteiger charge is 2.17. The van der Waals surface area contributed by atoms with Crippen LogP contribution in [0.25, 0.3) is 0 Å². The number of nitrogens with zero attached hydrogens (tertiary/aromatic N) is 1. The molecular formula is C20H17Cl2NO3. The van der Waals surface area contributed by atoms with Gasteiger partial charge in [-0.2, -0.15) is 0 Å². The molecule has 26 heavy (non-hydrogen) atoms. The quantitative estimate of drug-likeness (QED) is 0.557. The largest absolute Gasteiger partial charge is 0.484 e. The van der Waals surface area contributed by atoms with E-state index < -0.39 is 0 Å². The number of furan rings is 1. The van der Waals surface area contributed by atoms with Crippen molar-refractivity contribution in [3.63, 3.8) is 0 Å². The minimum atomic E-state index is -0.156. The summed E-state index contributed by atoms with van der Waals surface area (Å²) in [5, 5.41) is 1.24. The van der Waals surface area contributed by atoms with Crippen molar-refractivity contribution in [1.29, 1.82) is 0 Å². The molecule has 0 atom stereocenters. The number of hydrogen-bond donors (Lipinski definition) is 0. The van der Waals surface area contributed by atoms with Crippen LogP contribution in [0.5, 0.6) is 5.75 Å². The number of benzene rings is 2. The van der Waals surface area contributed by atoms with E-state index in [1.807, 2.05) is 24.3 Å². The standard InChI is InChI=1S/C20H17Cl2NO3/c21-16-6-8-18(9-7-16)26-14-20(24)23(13-19-5-2-10-25-19)12-15-3-1-4-17(22)11-15/h1-11H,12-14H2. The second-order valence-corrected chi connectivity index (χ2v) is 6.57. The van der Waals surface area contributed by atoms with E-state index in [-0.39, 0.29) is 12.5 Å². The molecule has 2 aromatic carbocycles. The van der Waals surface area contributed by atoms with E-state index in [9.17, 15) is 4.79 Å². The van der Waals surface area contributed by atoms with Crippen molar-refractivity contribution in [2.45, 2.75) is 13.1 Å². The number of rotatable bonds is 7. The molecular weight excluding hydrogens is 373 g/mol. The second-order valence-electron chi connectivity index (χ2n) is 5.70. The lowest BCUT2D eigenvalue weighted by Gasteiger charge is -2.22. The van der Waals surface area contributed by atoms with Crippen LogP contribution in [0, 0.1) is 0 Å². The minimum absolute atomic E-state index is 0.0804. The Balaban J connectivity index is 1.68. The van der Waals surface area contributed by atoms with Gasteiger partial charge in [0, 0.05) is 16.6 Å². The number of halogens is 2. The van der Waals surface area contributed by atoms with E-state index in [1.165, 1.54) is 0 Å². The van der Waals surface area contributed by atoms with Gasteiger partial charge < -0.3 is 14.1 Å². The lowest BCUT2D eigenvalue weighted by Crippen LogP contribution is -2.34. The average Bonchev–Trinajstić information content (AvgIpc) is 3.13. The zero-order valence-electron chi connectivity index (χ0n) is 13.9. The summed E-state index contributed by atoms with van der Waals surface area (Å²) in [4.78, 5) is 14.4. The fourth-order valence-corrected chi connectivity index (χ4v) is 2.78. The Morgan fingerprint density at radius 1 is 0.962 bits per heavy atom. The number of ether oxygens (including phenoxy) is 1. The maximum absolute atomic E-state index is 12.7. The van der Waals surface area contributed by atoms with Gasteiger partial charge in [-0.05, 0) is 54.1 Å². The molecule has 0 saturated carbocycles. The van der Waals surface area contributed by atoms with Crippen LogP contribution in [0.2, 0.25) is 10.0 Å². The Morgan fingerprint density at radius 2 is 1.77 bits per heavy atom. The van der Waals surface area contributed by atoms with Gasteiger partial charge in [-0.25, -0.2) is 0 Å². The first-order valence-corrected chi connectivity index (χ1v) is 8.79. The molecule has 4 nitrogen and oxygen atoms in total. The summed E-state index contributed by atoms with van der Waals surface area (Å²) in [5.74, 6) is 1.13. The summed E-state index contributed by atoms with van der Waals surface area (Å²) in [7, 11) is 0. The lowest BCUT2D eigenvalue weighted by atomic mass is 10.2. The molecule has 0 aliphatic heterocycles. The predicted octanol–water partition coefficient (Wildman–Crippen LogP) is 5.19. The predicted molar refractivity (Wildman–Crippen MR) is 101 cm³/mol. The van der Waals surface area contributed by atoms with Crippen LogP contribution >= 0.6 is 23.2 Å². The highest BCUT2D eigenvalue weighted by molar-refractivity contribution is 6.30. The van der Waals surface area contributed by atoms with Crippen molar-refractivity contribution in [3.8, 4) is 5.75 Å². The van der Waals surface area contributed by atoms with E-state index >= 15 is 0 Å². The first kappa shape index (κ1) is 18.4. The van der Waals surface area contributed by atoms with E-state index in [0.717, 1.165) is 5.56 Å². The first-order valence-electron chi connectivity index (χ1n) is 8.03. The molecule has 0 aliphatic rings. The number of carbonyl (C=O) groups excluding carboxylic acids is 1. The van der Waals surface area contributed by atoms with Crippen molar-refractivity contribution in [2.75, 3.05) is 6.61 Å². The van der Waals surface area contributed by atoms with Gasteiger partial charge in [0.05, 0.1) is 12.8 Å². The maximum Gasteiger partial charge on any atom is 0.261 e. The fraction of sp³-hybridized carbons (Fsp3) is 0.150. The second kappa shape index (κ2) is 8.79. The van der Waals surface area contributed by atoms with Crippen molar-refractivity contribution in [2.24, 2.45) is 0 Å². The van der Waals surface area contributed by atoms with Crippen molar-refractivity contribution >= 4 is 29.1 Å². The molecule has 1 heterocycles. The van der Waals surface area contributed by atoms with Crippen LogP contribution in [0.15, 0.2) is 71.3 Å². The van der Waals surface area contributed by atoms with Gasteiger partial charge in [0.2, 0.25) is 0 Å². The van der Waals surface area contributed by atoms with E-state index in [1.54, 1.807) is 47.6 Å². The zero-order chi connectivity index (χ0) is 18.4. The van der Waals surface area contributed by atoms with Gasteiger partial charge in [0.15, 0.2) is 6.61 Å². The topological polar surface area (TPSA) is 42.7 Å². The third-order valence-corrected chi connectivity index (χ3v) is 4.20. The van der Waals surface area contributed by atoms with Gasteiger partial charge in [0.25, 0.3) is 5.91 Å². The summed E-state index contributed by atoms with van der Waals surface area (Å²) in [6.45, 7) is 0.676. The van der Waals surface area contributed by atoms with Crippen molar-refractivity contribution < 1.29 is 13.9 Å². The van der Waals surface area contributed by atoms with Gasteiger partial charge in [0.1, 0.15) is 11.5 Å². The molecule has 0 radical (unpaired) electrons. The number of hydrogen-bond acceptors (Lipinski definition) is 3. The van der Waals surface area contributed by atoms with E-state index in [0.29, 0.717) is 34.6 Å². The Kier molecular flexibility index (Phi) is 6.21. The third-order valence-electron chi connectivity index (χ3n) is 3.72. The molecule has 3 aromatic rings. The lowest BCUT2D eigenvalue weighted by molar-refractivity contribution is -0.134. The molecule has 3 rings (SSSR count). The van der Waals surface area contributed by atoms with Crippen LogP contribution in [0.1, 0.15) is 11.3 Å².